The summed E-state index contributed by atoms with van der Waals surface area (Å²) in [6.07, 6.45) is 6.19. The van der Waals surface area contributed by atoms with Crippen LogP contribution in [0.4, 0.5) is 5.69 Å². The van der Waals surface area contributed by atoms with Crippen LogP contribution in [0.1, 0.15) is 30.7 Å². The SMILES string of the molecule is COc1ccc(O)c(C=Nc2cccc(-c3nnc4n3CCCCC4)c2)c1. The molecule has 1 aliphatic heterocycles. The van der Waals surface area contributed by atoms with Gasteiger partial charge in [-0.15, -0.1) is 10.2 Å². The van der Waals surface area contributed by atoms with Crippen molar-refractivity contribution < 1.29 is 9.84 Å². The van der Waals surface area contributed by atoms with Crippen molar-refractivity contribution in [3.63, 3.8) is 0 Å². The maximum atomic E-state index is 10.0. The van der Waals surface area contributed by atoms with E-state index >= 15 is 0 Å². The van der Waals surface area contributed by atoms with Crippen LogP contribution in [-0.2, 0) is 13.0 Å². The molecule has 0 amide bonds. The molecule has 0 radical (unpaired) electrons. The number of nitrogens with zero attached hydrogens (tertiary/aromatic N) is 4. The summed E-state index contributed by atoms with van der Waals surface area (Å²) in [6.45, 7) is 0.961. The lowest BCUT2D eigenvalue weighted by Gasteiger charge is -2.07. The lowest BCUT2D eigenvalue weighted by atomic mass is 10.1. The van der Waals surface area contributed by atoms with E-state index in [4.69, 9.17) is 4.74 Å². The van der Waals surface area contributed by atoms with Crippen LogP contribution >= 0.6 is 0 Å². The third kappa shape index (κ3) is 3.69. The smallest absolute Gasteiger partial charge is 0.164 e. The minimum Gasteiger partial charge on any atom is -0.507 e. The van der Waals surface area contributed by atoms with Crippen molar-refractivity contribution in [3.05, 3.63) is 53.9 Å². The lowest BCUT2D eigenvalue weighted by molar-refractivity contribution is 0.412. The van der Waals surface area contributed by atoms with Gasteiger partial charge in [0.05, 0.1) is 12.8 Å². The summed E-state index contributed by atoms with van der Waals surface area (Å²) in [5, 5.41) is 18.8. The number of aryl methyl sites for hydroxylation is 1. The number of phenolic OH excluding ortho intramolecular Hbond substituents is 1. The van der Waals surface area contributed by atoms with Gasteiger partial charge < -0.3 is 14.4 Å². The monoisotopic (exact) mass is 362 g/mol. The molecule has 1 N–H and O–H groups in total. The second-order valence-electron chi connectivity index (χ2n) is 6.64. The molecule has 3 aromatic rings. The zero-order chi connectivity index (χ0) is 18.6. The Morgan fingerprint density at radius 1 is 1.11 bits per heavy atom. The van der Waals surface area contributed by atoms with Crippen LogP contribution in [0.15, 0.2) is 47.5 Å². The van der Waals surface area contributed by atoms with E-state index in [-0.39, 0.29) is 5.75 Å². The highest BCUT2D eigenvalue weighted by Crippen LogP contribution is 2.27. The summed E-state index contributed by atoms with van der Waals surface area (Å²) in [7, 11) is 1.60. The first-order chi connectivity index (χ1) is 13.2. The van der Waals surface area contributed by atoms with Crippen molar-refractivity contribution in [1.29, 1.82) is 0 Å². The summed E-state index contributed by atoms with van der Waals surface area (Å²) >= 11 is 0. The van der Waals surface area contributed by atoms with Crippen LogP contribution in [0.25, 0.3) is 11.4 Å². The number of hydrogen-bond donors (Lipinski definition) is 1. The molecule has 2 aromatic carbocycles. The maximum absolute atomic E-state index is 10.0. The first-order valence-electron chi connectivity index (χ1n) is 9.18. The molecule has 0 atom stereocenters. The highest BCUT2D eigenvalue weighted by Gasteiger charge is 2.16. The highest BCUT2D eigenvalue weighted by atomic mass is 16.5. The second-order valence-corrected chi connectivity index (χ2v) is 6.64. The summed E-state index contributed by atoms with van der Waals surface area (Å²) in [6, 6.07) is 13.0. The first kappa shape index (κ1) is 17.3. The topological polar surface area (TPSA) is 72.5 Å². The van der Waals surface area contributed by atoms with Crippen molar-refractivity contribution in [1.82, 2.24) is 14.8 Å². The molecule has 0 unspecified atom stereocenters. The molecule has 6 heteroatoms. The summed E-state index contributed by atoms with van der Waals surface area (Å²) in [5.41, 5.74) is 2.40. The molecule has 1 aromatic heterocycles. The number of aliphatic imine (C=N–C) groups is 1. The first-order valence-corrected chi connectivity index (χ1v) is 9.18. The van der Waals surface area contributed by atoms with Crippen molar-refractivity contribution in [2.45, 2.75) is 32.2 Å². The molecule has 27 heavy (non-hydrogen) atoms. The van der Waals surface area contributed by atoms with Gasteiger partial charge in [0.2, 0.25) is 0 Å². The quantitative estimate of drug-likeness (QED) is 0.708. The van der Waals surface area contributed by atoms with Gasteiger partial charge in [0.15, 0.2) is 5.82 Å². The lowest BCUT2D eigenvalue weighted by Crippen LogP contribution is -2.02. The van der Waals surface area contributed by atoms with Crippen molar-refractivity contribution >= 4 is 11.9 Å². The standard InChI is InChI=1S/C21H22N4O2/c1-27-18-9-10-19(26)16(13-18)14-22-17-7-5-6-15(12-17)21-24-23-20-8-3-2-4-11-25(20)21/h5-7,9-10,12-14,26H,2-4,8,11H2,1H3. The van der Waals surface area contributed by atoms with E-state index in [0.717, 1.165) is 42.3 Å². The van der Waals surface area contributed by atoms with Gasteiger partial charge in [0.25, 0.3) is 0 Å². The number of aromatic nitrogens is 3. The van der Waals surface area contributed by atoms with Gasteiger partial charge >= 0.3 is 0 Å². The van der Waals surface area contributed by atoms with Gasteiger partial charge in [-0.2, -0.15) is 0 Å². The molecule has 0 bridgehead atoms. The highest BCUT2D eigenvalue weighted by molar-refractivity contribution is 5.86. The second kappa shape index (κ2) is 7.61. The van der Waals surface area contributed by atoms with E-state index in [2.05, 4.69) is 19.8 Å². The predicted octanol–water partition coefficient (Wildman–Crippen LogP) is 4.14. The van der Waals surface area contributed by atoms with Crippen molar-refractivity contribution in [2.24, 2.45) is 4.99 Å². The van der Waals surface area contributed by atoms with Gasteiger partial charge in [0.1, 0.15) is 17.3 Å². The Morgan fingerprint density at radius 2 is 2.04 bits per heavy atom. The number of benzene rings is 2. The number of fused-ring (bicyclic) bond motifs is 1. The van der Waals surface area contributed by atoms with E-state index in [1.165, 1.54) is 12.8 Å². The van der Waals surface area contributed by atoms with Gasteiger partial charge in [0, 0.05) is 30.3 Å². The van der Waals surface area contributed by atoms with E-state index in [0.29, 0.717) is 11.3 Å². The molecule has 0 aliphatic carbocycles. The van der Waals surface area contributed by atoms with Gasteiger partial charge in [-0.05, 0) is 43.2 Å². The number of phenols is 1. The Hall–Kier alpha value is -3.15. The minimum atomic E-state index is 0.165. The van der Waals surface area contributed by atoms with Crippen molar-refractivity contribution in [2.75, 3.05) is 7.11 Å². The van der Waals surface area contributed by atoms with Crippen LogP contribution in [0.2, 0.25) is 0 Å². The third-order valence-electron chi connectivity index (χ3n) is 4.80. The average molecular weight is 362 g/mol. The van der Waals surface area contributed by atoms with Gasteiger partial charge in [-0.1, -0.05) is 18.6 Å². The largest absolute Gasteiger partial charge is 0.507 e. The molecule has 6 nitrogen and oxygen atoms in total. The van der Waals surface area contributed by atoms with Gasteiger partial charge in [-0.25, -0.2) is 0 Å². The molecule has 1 aliphatic rings. The number of ether oxygens (including phenoxy) is 1. The zero-order valence-electron chi connectivity index (χ0n) is 15.3. The van der Waals surface area contributed by atoms with Crippen LogP contribution < -0.4 is 4.74 Å². The summed E-state index contributed by atoms with van der Waals surface area (Å²) < 4.78 is 7.43. The van der Waals surface area contributed by atoms with Crippen LogP contribution in [0, 0.1) is 0 Å². The van der Waals surface area contributed by atoms with E-state index in [9.17, 15) is 5.11 Å². The van der Waals surface area contributed by atoms with Gasteiger partial charge in [-0.3, -0.25) is 4.99 Å². The Bertz CT molecular complexity index is 978. The fourth-order valence-corrected chi connectivity index (χ4v) is 3.33. The molecular weight excluding hydrogens is 340 g/mol. The molecule has 138 valence electrons. The fraction of sp³-hybridized carbons (Fsp3) is 0.286. The number of aromatic hydroxyl groups is 1. The molecule has 0 saturated heterocycles. The Labute approximate surface area is 158 Å². The van der Waals surface area contributed by atoms with E-state index in [1.807, 2.05) is 24.3 Å². The Morgan fingerprint density at radius 3 is 2.93 bits per heavy atom. The summed E-state index contributed by atoms with van der Waals surface area (Å²) in [4.78, 5) is 4.52. The Kier molecular flexibility index (Phi) is 4.87. The number of methoxy groups -OCH3 is 1. The Balaban J connectivity index is 1.63. The van der Waals surface area contributed by atoms with Crippen LogP contribution in [-0.4, -0.2) is 33.2 Å². The van der Waals surface area contributed by atoms with E-state index < -0.39 is 0 Å². The third-order valence-corrected chi connectivity index (χ3v) is 4.80. The maximum Gasteiger partial charge on any atom is 0.164 e. The van der Waals surface area contributed by atoms with E-state index in [1.54, 1.807) is 31.5 Å². The number of hydrogen-bond acceptors (Lipinski definition) is 5. The molecule has 0 spiro atoms. The summed E-state index contributed by atoms with van der Waals surface area (Å²) in [5.74, 6) is 2.80. The molecular formula is C21H22N4O2. The minimum absolute atomic E-state index is 0.165. The number of rotatable bonds is 4. The zero-order valence-corrected chi connectivity index (χ0v) is 15.3. The van der Waals surface area contributed by atoms with Crippen molar-refractivity contribution in [3.8, 4) is 22.9 Å². The molecule has 0 saturated carbocycles. The fourth-order valence-electron chi connectivity index (χ4n) is 3.33. The molecule has 4 rings (SSSR count). The normalized spacial score (nSPS) is 14.1. The van der Waals surface area contributed by atoms with Crippen LogP contribution in [0.3, 0.4) is 0 Å². The molecule has 0 fully saturated rings. The van der Waals surface area contributed by atoms with Crippen LogP contribution in [0.5, 0.6) is 11.5 Å². The molecule has 2 heterocycles. The predicted molar refractivity (Wildman–Crippen MR) is 105 cm³/mol. The average Bonchev–Trinajstić information content (AvgIpc) is 2.96.